The number of benzene rings is 2. The van der Waals surface area contributed by atoms with Gasteiger partial charge in [0.1, 0.15) is 6.33 Å². The van der Waals surface area contributed by atoms with E-state index in [2.05, 4.69) is 15.3 Å². The quantitative estimate of drug-likeness (QED) is 0.332. The highest BCUT2D eigenvalue weighted by atomic mass is 35.5. The van der Waals surface area contributed by atoms with Crippen LogP contribution in [0.25, 0.3) is 0 Å². The summed E-state index contributed by atoms with van der Waals surface area (Å²) >= 11 is 12.9. The molecule has 26 heavy (non-hydrogen) atoms. The molecule has 6 nitrogen and oxygen atoms in total. The Morgan fingerprint density at radius 3 is 2.23 bits per heavy atom. The topological polar surface area (TPSA) is 81.0 Å². The lowest BCUT2D eigenvalue weighted by atomic mass is 10.2. The highest BCUT2D eigenvalue weighted by Gasteiger charge is 2.23. The molecule has 1 heterocycles. The molecule has 0 radical (unpaired) electrons. The van der Waals surface area contributed by atoms with Crippen LogP contribution >= 0.6 is 35.0 Å². The number of nitrogens with zero attached hydrogens (tertiary/aromatic N) is 3. The molecule has 0 fully saturated rings. The zero-order valence-corrected chi connectivity index (χ0v) is 15.6. The number of halogens is 2. The minimum Gasteiger partial charge on any atom is -0.360 e. The minimum atomic E-state index is -0.484. The van der Waals surface area contributed by atoms with E-state index >= 15 is 0 Å². The first-order chi connectivity index (χ1) is 12.5. The first-order valence-electron chi connectivity index (χ1n) is 7.44. The SMILES string of the molecule is O=[N+]([O-])c1c(NCc2ccc(Cl)cc2)ncnc1Sc1ccc(Cl)cc1. The second-order valence-electron chi connectivity index (χ2n) is 5.17. The molecule has 0 saturated heterocycles. The summed E-state index contributed by atoms with van der Waals surface area (Å²) in [6, 6.07) is 14.2. The van der Waals surface area contributed by atoms with Crippen molar-refractivity contribution in [2.75, 3.05) is 5.32 Å². The van der Waals surface area contributed by atoms with E-state index in [0.29, 0.717) is 16.6 Å². The van der Waals surface area contributed by atoms with E-state index in [1.165, 1.54) is 18.1 Å². The number of anilines is 1. The Kier molecular flexibility index (Phi) is 5.92. The maximum absolute atomic E-state index is 11.6. The second kappa shape index (κ2) is 8.35. The average molecular weight is 407 g/mol. The van der Waals surface area contributed by atoms with Gasteiger partial charge in [-0.2, -0.15) is 0 Å². The van der Waals surface area contributed by atoms with Crippen LogP contribution in [0, 0.1) is 10.1 Å². The molecule has 0 unspecified atom stereocenters. The molecular formula is C17H12Cl2N4O2S. The van der Waals surface area contributed by atoms with E-state index < -0.39 is 4.92 Å². The summed E-state index contributed by atoms with van der Waals surface area (Å²) in [5, 5.41) is 16.0. The first-order valence-corrected chi connectivity index (χ1v) is 9.01. The van der Waals surface area contributed by atoms with E-state index in [1.54, 1.807) is 36.4 Å². The van der Waals surface area contributed by atoms with Gasteiger partial charge in [-0.1, -0.05) is 47.1 Å². The van der Waals surface area contributed by atoms with Crippen LogP contribution in [-0.4, -0.2) is 14.9 Å². The van der Waals surface area contributed by atoms with Crippen LogP contribution in [0.2, 0.25) is 10.0 Å². The van der Waals surface area contributed by atoms with E-state index in [1.807, 2.05) is 12.1 Å². The van der Waals surface area contributed by atoms with Crippen molar-refractivity contribution in [1.82, 2.24) is 9.97 Å². The summed E-state index contributed by atoms with van der Waals surface area (Å²) in [4.78, 5) is 20.0. The van der Waals surface area contributed by atoms with Crippen LogP contribution in [0.15, 0.2) is 64.8 Å². The summed E-state index contributed by atoms with van der Waals surface area (Å²) in [6.07, 6.45) is 1.30. The van der Waals surface area contributed by atoms with Gasteiger partial charge in [-0.15, -0.1) is 0 Å². The van der Waals surface area contributed by atoms with Gasteiger partial charge in [-0.05, 0) is 42.0 Å². The molecule has 0 aliphatic rings. The van der Waals surface area contributed by atoms with Crippen molar-refractivity contribution in [3.05, 3.63) is 80.6 Å². The number of nitro groups is 1. The number of hydrogen-bond donors (Lipinski definition) is 1. The van der Waals surface area contributed by atoms with E-state index in [9.17, 15) is 10.1 Å². The fourth-order valence-electron chi connectivity index (χ4n) is 2.13. The van der Waals surface area contributed by atoms with Gasteiger partial charge in [0.05, 0.1) is 4.92 Å². The van der Waals surface area contributed by atoms with Crippen LogP contribution in [0.3, 0.4) is 0 Å². The second-order valence-corrected chi connectivity index (χ2v) is 7.10. The molecule has 2 aromatic carbocycles. The van der Waals surface area contributed by atoms with E-state index in [-0.39, 0.29) is 16.5 Å². The third-order valence-electron chi connectivity index (χ3n) is 3.37. The molecule has 132 valence electrons. The van der Waals surface area contributed by atoms with Gasteiger partial charge in [0.25, 0.3) is 0 Å². The predicted octanol–water partition coefficient (Wildman–Crippen LogP) is 5.45. The summed E-state index contributed by atoms with van der Waals surface area (Å²) in [7, 11) is 0. The van der Waals surface area contributed by atoms with Crippen molar-refractivity contribution in [2.45, 2.75) is 16.5 Å². The van der Waals surface area contributed by atoms with Crippen molar-refractivity contribution in [1.29, 1.82) is 0 Å². The molecule has 0 spiro atoms. The van der Waals surface area contributed by atoms with Crippen LogP contribution in [0.1, 0.15) is 5.56 Å². The molecule has 0 bridgehead atoms. The lowest BCUT2D eigenvalue weighted by molar-refractivity contribution is -0.387. The van der Waals surface area contributed by atoms with Crippen LogP contribution in [-0.2, 0) is 6.54 Å². The summed E-state index contributed by atoms with van der Waals surface area (Å²) in [5.74, 6) is 0.163. The molecule has 0 amide bonds. The highest BCUT2D eigenvalue weighted by molar-refractivity contribution is 7.99. The maximum Gasteiger partial charge on any atom is 0.343 e. The number of nitrogens with one attached hydrogen (secondary N) is 1. The summed E-state index contributed by atoms with van der Waals surface area (Å²) < 4.78 is 0. The van der Waals surface area contributed by atoms with Crippen LogP contribution < -0.4 is 5.32 Å². The van der Waals surface area contributed by atoms with Crippen molar-refractivity contribution in [3.63, 3.8) is 0 Å². The monoisotopic (exact) mass is 406 g/mol. The standard InChI is InChI=1S/C17H12Cl2N4O2S/c18-12-3-1-11(2-4-12)9-20-16-15(23(24)25)17(22-10-21-16)26-14-7-5-13(19)6-8-14/h1-8,10H,9H2,(H,20,21,22). The van der Waals surface area contributed by atoms with Gasteiger partial charge in [0, 0.05) is 21.5 Å². The molecular weight excluding hydrogens is 395 g/mol. The Morgan fingerprint density at radius 1 is 1.00 bits per heavy atom. The Balaban J connectivity index is 1.84. The molecule has 3 aromatic rings. The fourth-order valence-corrected chi connectivity index (χ4v) is 3.25. The zero-order chi connectivity index (χ0) is 18.5. The largest absolute Gasteiger partial charge is 0.360 e. The minimum absolute atomic E-state index is 0.163. The van der Waals surface area contributed by atoms with Crippen LogP contribution in [0.5, 0.6) is 0 Å². The molecule has 0 atom stereocenters. The molecule has 3 rings (SSSR count). The lowest BCUT2D eigenvalue weighted by Crippen LogP contribution is -2.06. The molecule has 0 saturated carbocycles. The molecule has 0 aliphatic carbocycles. The Bertz CT molecular complexity index is 921. The molecule has 0 aliphatic heterocycles. The molecule has 1 N–H and O–H groups in total. The average Bonchev–Trinajstić information content (AvgIpc) is 2.63. The smallest absolute Gasteiger partial charge is 0.343 e. The van der Waals surface area contributed by atoms with Gasteiger partial charge in [-0.3, -0.25) is 10.1 Å². The maximum atomic E-state index is 11.6. The van der Waals surface area contributed by atoms with Gasteiger partial charge in [-0.25, -0.2) is 9.97 Å². The third-order valence-corrected chi connectivity index (χ3v) is 4.88. The zero-order valence-electron chi connectivity index (χ0n) is 13.2. The number of hydrogen-bond acceptors (Lipinski definition) is 6. The highest BCUT2D eigenvalue weighted by Crippen LogP contribution is 2.36. The van der Waals surface area contributed by atoms with Crippen molar-refractivity contribution in [2.24, 2.45) is 0 Å². The molecule has 9 heteroatoms. The van der Waals surface area contributed by atoms with Crippen molar-refractivity contribution >= 4 is 46.5 Å². The third kappa shape index (κ3) is 4.63. The van der Waals surface area contributed by atoms with Gasteiger partial charge in [0.15, 0.2) is 5.03 Å². The fraction of sp³-hybridized carbons (Fsp3) is 0.0588. The Morgan fingerprint density at radius 2 is 1.62 bits per heavy atom. The number of aromatic nitrogens is 2. The lowest BCUT2D eigenvalue weighted by Gasteiger charge is -2.08. The van der Waals surface area contributed by atoms with Gasteiger partial charge >= 0.3 is 5.69 Å². The summed E-state index contributed by atoms with van der Waals surface area (Å²) in [5.41, 5.74) is 0.760. The number of rotatable bonds is 6. The van der Waals surface area contributed by atoms with Gasteiger partial charge < -0.3 is 5.32 Å². The first kappa shape index (κ1) is 18.4. The van der Waals surface area contributed by atoms with Crippen LogP contribution in [0.4, 0.5) is 11.5 Å². The van der Waals surface area contributed by atoms with Crippen molar-refractivity contribution in [3.8, 4) is 0 Å². The normalized spacial score (nSPS) is 10.5. The predicted molar refractivity (Wildman–Crippen MR) is 103 cm³/mol. The van der Waals surface area contributed by atoms with E-state index in [4.69, 9.17) is 23.2 Å². The molecule has 1 aromatic heterocycles. The summed E-state index contributed by atoms with van der Waals surface area (Å²) in [6.45, 7) is 0.375. The Hall–Kier alpha value is -2.35. The Labute approximate surface area is 163 Å². The van der Waals surface area contributed by atoms with E-state index in [0.717, 1.165) is 10.5 Å². The van der Waals surface area contributed by atoms with Crippen molar-refractivity contribution < 1.29 is 4.92 Å². The van der Waals surface area contributed by atoms with Gasteiger partial charge in [0.2, 0.25) is 5.82 Å².